The molecular weight excluding hydrogens is 166 g/mol. The maximum Gasteiger partial charge on any atom is 2.00 e. The van der Waals surface area contributed by atoms with Gasteiger partial charge in [-0.25, -0.2) is 23.7 Å². The number of hydrogen-bond donors (Lipinski definition) is 0. The number of halogens is 2. The minimum absolute atomic E-state index is 0. The smallest absolute Gasteiger partial charge is 0.769 e. The van der Waals surface area contributed by atoms with Crippen molar-refractivity contribution in [3.8, 4) is 0 Å². The van der Waals surface area contributed by atoms with Crippen molar-refractivity contribution < 1.29 is 38.9 Å². The van der Waals surface area contributed by atoms with Gasteiger partial charge in [0.15, 0.2) is 0 Å². The van der Waals surface area contributed by atoms with E-state index in [1.165, 1.54) is 0 Å². The van der Waals surface area contributed by atoms with Gasteiger partial charge in [-0.05, 0) is 0 Å². The molecule has 0 spiro atoms. The molecule has 0 aliphatic heterocycles. The predicted molar refractivity (Wildman–Crippen MR) is 17.5 cm³/mol. The van der Waals surface area contributed by atoms with Crippen LogP contribution in [0.3, 0.4) is 0 Å². The van der Waals surface area contributed by atoms with Crippen LogP contribution < -0.4 is 38.9 Å². The van der Waals surface area contributed by atoms with Crippen LogP contribution in [0.1, 0.15) is 0 Å². The first-order valence-electron chi connectivity index (χ1n) is 0.309. The van der Waals surface area contributed by atoms with Gasteiger partial charge in [-0.2, -0.15) is 0 Å². The van der Waals surface area contributed by atoms with Gasteiger partial charge in [0.2, 0.25) is 0 Å². The molecule has 6 heavy (non-hydrogen) atoms. The van der Waals surface area contributed by atoms with Crippen LogP contribution in [0.2, 0.25) is 0 Å². The van der Waals surface area contributed by atoms with Crippen LogP contribution in [0.5, 0.6) is 0 Å². The summed E-state index contributed by atoms with van der Waals surface area (Å²) in [5, 5.41) is 0. The standard InChI is InChI=1S/Ca.2ClO.Na/c;2*1-2;/q+2;2*-1;+1. The summed E-state index contributed by atoms with van der Waals surface area (Å²) >= 11 is 6.78. The Kier molecular flexibility index (Phi) is 181. The van der Waals surface area contributed by atoms with E-state index in [9.17, 15) is 0 Å². The van der Waals surface area contributed by atoms with E-state index in [1.54, 1.807) is 0 Å². The Morgan fingerprint density at radius 2 is 0.833 bits per heavy atom. The van der Waals surface area contributed by atoms with Gasteiger partial charge in [-0.15, -0.1) is 0 Å². The molecule has 28 valence electrons. The van der Waals surface area contributed by atoms with Crippen LogP contribution >= 0.6 is 23.7 Å². The largest absolute Gasteiger partial charge is 2.00 e. The first-order chi connectivity index (χ1) is 2.00. The molecule has 0 rings (SSSR count). The third-order valence-corrected chi connectivity index (χ3v) is 0. The molecule has 0 aromatic rings. The van der Waals surface area contributed by atoms with Crippen molar-refractivity contribution in [2.75, 3.05) is 0 Å². The van der Waals surface area contributed by atoms with E-state index >= 15 is 0 Å². The second-order valence-electron chi connectivity index (χ2n) is 0. The molecule has 0 bridgehead atoms. The minimum atomic E-state index is 0. The zero-order valence-electron chi connectivity index (χ0n) is 3.28. The minimum Gasteiger partial charge on any atom is -0.769 e. The second kappa shape index (κ2) is 46.6. The predicted octanol–water partition coefficient (Wildman–Crippen LogP) is -4.38. The summed E-state index contributed by atoms with van der Waals surface area (Å²) in [6.45, 7) is 0. The molecule has 0 N–H and O–H groups in total. The van der Waals surface area contributed by atoms with Crippen molar-refractivity contribution in [1.29, 1.82) is 0 Å². The SMILES string of the molecule is [Ca+2].[Na+].[O-]Cl.[O-]Cl. The van der Waals surface area contributed by atoms with Gasteiger partial charge in [0.25, 0.3) is 0 Å². The van der Waals surface area contributed by atoms with Crippen molar-refractivity contribution in [1.82, 2.24) is 0 Å². The van der Waals surface area contributed by atoms with Crippen molar-refractivity contribution in [2.45, 2.75) is 0 Å². The van der Waals surface area contributed by atoms with Crippen LogP contribution in [-0.2, 0) is 0 Å². The van der Waals surface area contributed by atoms with E-state index in [2.05, 4.69) is 23.7 Å². The van der Waals surface area contributed by atoms with Gasteiger partial charge in [-0.1, -0.05) is 0 Å². The average molecular weight is 166 g/mol. The van der Waals surface area contributed by atoms with Gasteiger partial charge in [0.1, 0.15) is 0 Å². The normalized spacial score (nSPS) is 2.00. The molecule has 0 heterocycles. The summed E-state index contributed by atoms with van der Waals surface area (Å²) < 4.78 is 15.4. The fraction of sp³-hybridized carbons (Fsp3) is 0. The second-order valence-corrected chi connectivity index (χ2v) is 0. The van der Waals surface area contributed by atoms with Gasteiger partial charge in [0, 0.05) is 0 Å². The molecule has 0 fully saturated rings. The Morgan fingerprint density at radius 3 is 0.833 bits per heavy atom. The van der Waals surface area contributed by atoms with E-state index in [-0.39, 0.29) is 67.3 Å². The molecule has 0 aliphatic carbocycles. The Morgan fingerprint density at radius 1 is 0.833 bits per heavy atom. The first-order valence-corrected chi connectivity index (χ1v) is 0.926. The summed E-state index contributed by atoms with van der Waals surface area (Å²) in [6, 6.07) is 0. The average Bonchev–Trinajstić information content (AvgIpc) is 1.50. The van der Waals surface area contributed by atoms with Crippen LogP contribution in [0.4, 0.5) is 0 Å². The van der Waals surface area contributed by atoms with E-state index in [0.717, 1.165) is 0 Å². The third-order valence-electron chi connectivity index (χ3n) is 0. The van der Waals surface area contributed by atoms with Gasteiger partial charge in [0.05, 0.1) is 0 Å². The molecule has 6 heteroatoms. The summed E-state index contributed by atoms with van der Waals surface area (Å²) in [7, 11) is 0. The Labute approximate surface area is 98.4 Å². The van der Waals surface area contributed by atoms with E-state index < -0.39 is 0 Å². The van der Waals surface area contributed by atoms with E-state index in [1.807, 2.05) is 0 Å². The van der Waals surface area contributed by atoms with Crippen LogP contribution in [0, 0.1) is 0 Å². The van der Waals surface area contributed by atoms with Crippen molar-refractivity contribution in [3.05, 3.63) is 0 Å². The zero-order valence-corrected chi connectivity index (χ0v) is 9.00. The molecule has 0 aromatic heterocycles. The quantitative estimate of drug-likeness (QED) is 0.341. The van der Waals surface area contributed by atoms with Gasteiger partial charge >= 0.3 is 67.3 Å². The number of rotatable bonds is 0. The topological polar surface area (TPSA) is 46.1 Å². The molecule has 0 amide bonds. The fourth-order valence-electron chi connectivity index (χ4n) is 0. The van der Waals surface area contributed by atoms with Crippen LogP contribution in [-0.4, -0.2) is 37.7 Å². The number of hydrogen-bond acceptors (Lipinski definition) is 2. The molecule has 0 saturated carbocycles. The van der Waals surface area contributed by atoms with Crippen LogP contribution in [0.25, 0.3) is 0 Å². The summed E-state index contributed by atoms with van der Waals surface area (Å²) in [5.41, 5.74) is 0. The van der Waals surface area contributed by atoms with E-state index in [0.29, 0.717) is 0 Å². The Bertz CT molecular complexity index is 11.5. The van der Waals surface area contributed by atoms with Crippen LogP contribution in [0.15, 0.2) is 0 Å². The molecule has 0 atom stereocenters. The molecule has 0 saturated heterocycles. The third kappa shape index (κ3) is 29.4. The maximum atomic E-state index is 7.72. The maximum absolute atomic E-state index is 7.72. The molecular formula is CaCl2NaO2+. The molecule has 0 aliphatic rings. The monoisotopic (exact) mass is 165 g/mol. The van der Waals surface area contributed by atoms with Crippen molar-refractivity contribution in [2.24, 2.45) is 0 Å². The van der Waals surface area contributed by atoms with Gasteiger partial charge < -0.3 is 9.32 Å². The molecule has 0 radical (unpaired) electrons. The fourth-order valence-corrected chi connectivity index (χ4v) is 0. The van der Waals surface area contributed by atoms with Crippen molar-refractivity contribution in [3.63, 3.8) is 0 Å². The zero-order chi connectivity index (χ0) is 4.00. The summed E-state index contributed by atoms with van der Waals surface area (Å²) in [6.07, 6.45) is 0. The Hall–Kier alpha value is 2.76. The first kappa shape index (κ1) is 23.3. The van der Waals surface area contributed by atoms with E-state index in [4.69, 9.17) is 9.32 Å². The van der Waals surface area contributed by atoms with Crippen molar-refractivity contribution >= 4 is 61.5 Å². The molecule has 2 nitrogen and oxygen atoms in total. The molecule has 0 aromatic carbocycles. The summed E-state index contributed by atoms with van der Waals surface area (Å²) in [5.74, 6) is 0. The summed E-state index contributed by atoms with van der Waals surface area (Å²) in [4.78, 5) is 0. The van der Waals surface area contributed by atoms with Gasteiger partial charge in [-0.3, -0.25) is 0 Å². The Balaban J connectivity index is -0.00000000500. The molecule has 0 unspecified atom stereocenters.